The van der Waals surface area contributed by atoms with Gasteiger partial charge in [-0.05, 0) is 36.3 Å². The van der Waals surface area contributed by atoms with Gasteiger partial charge in [-0.2, -0.15) is 4.80 Å². The third kappa shape index (κ3) is 3.53. The highest BCUT2D eigenvalue weighted by atomic mass is 16.5. The van der Waals surface area contributed by atoms with E-state index in [4.69, 9.17) is 4.74 Å². The van der Waals surface area contributed by atoms with Gasteiger partial charge in [0.15, 0.2) is 0 Å². The number of hydrogen-bond acceptors (Lipinski definition) is 5. The van der Waals surface area contributed by atoms with Gasteiger partial charge in [0.25, 0.3) is 0 Å². The molecule has 0 spiro atoms. The summed E-state index contributed by atoms with van der Waals surface area (Å²) in [4.78, 5) is 16.2. The molecule has 0 unspecified atom stereocenters. The highest BCUT2D eigenvalue weighted by molar-refractivity contribution is 5.90. The fraction of sp³-hybridized carbons (Fsp3) is 0.300. The first-order valence-corrected chi connectivity index (χ1v) is 9.20. The fourth-order valence-corrected chi connectivity index (χ4v) is 3.61. The third-order valence-electron chi connectivity index (χ3n) is 4.89. The van der Waals surface area contributed by atoms with E-state index in [1.807, 2.05) is 53.4 Å². The molecule has 1 aromatic heterocycles. The number of carbonyl (C=O) groups excluding carboxylic acids is 1. The van der Waals surface area contributed by atoms with E-state index >= 15 is 0 Å². The van der Waals surface area contributed by atoms with E-state index in [9.17, 15) is 4.79 Å². The average molecular weight is 378 g/mol. The summed E-state index contributed by atoms with van der Waals surface area (Å²) in [6.07, 6.45) is 1.87. The molecule has 2 amide bonds. The molecule has 1 saturated heterocycles. The number of carbonyl (C=O) groups is 1. The summed E-state index contributed by atoms with van der Waals surface area (Å²) in [5.74, 6) is 1.33. The molecule has 8 heteroatoms. The molecule has 28 heavy (non-hydrogen) atoms. The lowest BCUT2D eigenvalue weighted by Crippen LogP contribution is -2.34. The minimum atomic E-state index is -0.127. The number of rotatable bonds is 4. The van der Waals surface area contributed by atoms with Gasteiger partial charge in [0.05, 0.1) is 20.2 Å². The maximum Gasteiger partial charge on any atom is 0.322 e. The second kappa shape index (κ2) is 7.67. The molecule has 1 fully saturated rings. The number of para-hydroxylation sites is 1. The summed E-state index contributed by atoms with van der Waals surface area (Å²) in [6, 6.07) is 15.2. The SMILES string of the molecule is COc1ccccc1[C@@H]1CCCN1C(=O)Nc1cccc(-c2nnn(C)n2)c1. The number of likely N-dealkylation sites (tertiary alicyclic amines) is 1. The Balaban J connectivity index is 1.53. The summed E-state index contributed by atoms with van der Waals surface area (Å²) >= 11 is 0. The number of aromatic nitrogens is 4. The lowest BCUT2D eigenvalue weighted by Gasteiger charge is -2.26. The quantitative estimate of drug-likeness (QED) is 0.753. The molecule has 8 nitrogen and oxygen atoms in total. The van der Waals surface area contributed by atoms with Crippen molar-refractivity contribution in [2.45, 2.75) is 18.9 Å². The van der Waals surface area contributed by atoms with E-state index in [-0.39, 0.29) is 12.1 Å². The van der Waals surface area contributed by atoms with Crippen LogP contribution < -0.4 is 10.1 Å². The molecule has 2 aromatic carbocycles. The zero-order chi connectivity index (χ0) is 19.5. The first kappa shape index (κ1) is 18.0. The number of benzene rings is 2. The number of anilines is 1. The number of hydrogen-bond donors (Lipinski definition) is 1. The Labute approximate surface area is 163 Å². The molecule has 0 saturated carbocycles. The van der Waals surface area contributed by atoms with E-state index < -0.39 is 0 Å². The Morgan fingerprint density at radius 1 is 1.21 bits per heavy atom. The minimum absolute atomic E-state index is 0.000916. The van der Waals surface area contributed by atoms with Gasteiger partial charge in [0, 0.05) is 23.4 Å². The minimum Gasteiger partial charge on any atom is -0.496 e. The van der Waals surface area contributed by atoms with Crippen LogP contribution in [0.1, 0.15) is 24.4 Å². The molecular formula is C20H22N6O2. The Morgan fingerprint density at radius 3 is 2.86 bits per heavy atom. The topological polar surface area (TPSA) is 85.2 Å². The molecule has 3 aromatic rings. The van der Waals surface area contributed by atoms with Crippen LogP contribution in [0.2, 0.25) is 0 Å². The first-order valence-electron chi connectivity index (χ1n) is 9.20. The van der Waals surface area contributed by atoms with Crippen LogP contribution in [0.3, 0.4) is 0 Å². The standard InChI is InChI=1S/C20H22N6O2/c1-25-23-19(22-24-25)14-7-5-8-15(13-14)21-20(27)26-12-6-10-17(26)16-9-3-4-11-18(16)28-2/h3-5,7-9,11,13,17H,6,10,12H2,1-2H3,(H,21,27)/t17-/m0/s1. The smallest absolute Gasteiger partial charge is 0.322 e. The van der Waals surface area contributed by atoms with Crippen molar-refractivity contribution in [1.82, 2.24) is 25.1 Å². The lowest BCUT2D eigenvalue weighted by molar-refractivity contribution is 0.206. The Kier molecular flexibility index (Phi) is 4.92. The average Bonchev–Trinajstić information content (AvgIpc) is 3.37. The van der Waals surface area contributed by atoms with Crippen molar-refractivity contribution in [2.75, 3.05) is 19.0 Å². The van der Waals surface area contributed by atoms with Crippen molar-refractivity contribution in [1.29, 1.82) is 0 Å². The Bertz CT molecular complexity index is 986. The maximum absolute atomic E-state index is 13.0. The van der Waals surface area contributed by atoms with Crippen LogP contribution in [0, 0.1) is 0 Å². The summed E-state index contributed by atoms with van der Waals surface area (Å²) in [5.41, 5.74) is 2.53. The van der Waals surface area contributed by atoms with E-state index in [2.05, 4.69) is 20.7 Å². The van der Waals surface area contributed by atoms with Crippen molar-refractivity contribution in [3.05, 3.63) is 54.1 Å². The summed E-state index contributed by atoms with van der Waals surface area (Å²) < 4.78 is 5.49. The Hall–Kier alpha value is -3.42. The zero-order valence-electron chi connectivity index (χ0n) is 15.9. The van der Waals surface area contributed by atoms with Crippen LogP contribution in [0.5, 0.6) is 5.75 Å². The number of aryl methyl sites for hydroxylation is 1. The first-order chi connectivity index (χ1) is 13.7. The molecule has 0 aliphatic carbocycles. The zero-order valence-corrected chi connectivity index (χ0v) is 15.9. The van der Waals surface area contributed by atoms with E-state index in [0.717, 1.165) is 29.7 Å². The Morgan fingerprint density at radius 2 is 2.07 bits per heavy atom. The predicted octanol–water partition coefficient (Wildman–Crippen LogP) is 3.25. The molecule has 2 heterocycles. The largest absolute Gasteiger partial charge is 0.496 e. The van der Waals surface area contributed by atoms with Gasteiger partial charge in [-0.25, -0.2) is 4.79 Å². The monoisotopic (exact) mass is 378 g/mol. The number of amides is 2. The normalized spacial score (nSPS) is 16.2. The second-order valence-electron chi connectivity index (χ2n) is 6.71. The van der Waals surface area contributed by atoms with Crippen LogP contribution in [-0.2, 0) is 7.05 Å². The molecular weight excluding hydrogens is 356 g/mol. The molecule has 144 valence electrons. The molecule has 1 aliphatic rings. The van der Waals surface area contributed by atoms with Gasteiger partial charge in [0.2, 0.25) is 5.82 Å². The molecule has 0 bridgehead atoms. The van der Waals surface area contributed by atoms with Gasteiger partial charge < -0.3 is 15.0 Å². The summed E-state index contributed by atoms with van der Waals surface area (Å²) in [5, 5.41) is 15.1. The van der Waals surface area contributed by atoms with E-state index in [0.29, 0.717) is 18.1 Å². The second-order valence-corrected chi connectivity index (χ2v) is 6.71. The van der Waals surface area contributed by atoms with Crippen molar-refractivity contribution in [3.8, 4) is 17.1 Å². The van der Waals surface area contributed by atoms with Crippen molar-refractivity contribution >= 4 is 11.7 Å². The van der Waals surface area contributed by atoms with Crippen molar-refractivity contribution < 1.29 is 9.53 Å². The van der Waals surface area contributed by atoms with Gasteiger partial charge in [0.1, 0.15) is 5.75 Å². The van der Waals surface area contributed by atoms with Crippen LogP contribution in [-0.4, -0.2) is 44.8 Å². The van der Waals surface area contributed by atoms with E-state index in [1.54, 1.807) is 14.2 Å². The third-order valence-corrected chi connectivity index (χ3v) is 4.89. The number of urea groups is 1. The summed E-state index contributed by atoms with van der Waals surface area (Å²) in [7, 11) is 3.37. The number of methoxy groups -OCH3 is 1. The molecule has 0 radical (unpaired) electrons. The molecule has 1 aliphatic heterocycles. The van der Waals surface area contributed by atoms with Gasteiger partial charge in [-0.15, -0.1) is 10.2 Å². The number of nitrogens with zero attached hydrogens (tertiary/aromatic N) is 5. The summed E-state index contributed by atoms with van der Waals surface area (Å²) in [6.45, 7) is 0.708. The highest BCUT2D eigenvalue weighted by Gasteiger charge is 2.31. The number of ether oxygens (including phenoxy) is 1. The number of nitrogens with one attached hydrogen (secondary N) is 1. The highest BCUT2D eigenvalue weighted by Crippen LogP contribution is 2.37. The molecule has 1 atom stereocenters. The van der Waals surface area contributed by atoms with Crippen LogP contribution in [0.15, 0.2) is 48.5 Å². The van der Waals surface area contributed by atoms with Crippen molar-refractivity contribution in [2.24, 2.45) is 7.05 Å². The van der Waals surface area contributed by atoms with Gasteiger partial charge >= 0.3 is 6.03 Å². The maximum atomic E-state index is 13.0. The predicted molar refractivity (Wildman–Crippen MR) is 105 cm³/mol. The van der Waals surface area contributed by atoms with E-state index in [1.165, 1.54) is 4.80 Å². The van der Waals surface area contributed by atoms with Crippen molar-refractivity contribution in [3.63, 3.8) is 0 Å². The fourth-order valence-electron chi connectivity index (χ4n) is 3.61. The van der Waals surface area contributed by atoms with Crippen LogP contribution in [0.25, 0.3) is 11.4 Å². The molecule has 4 rings (SSSR count). The molecule has 1 N–H and O–H groups in total. The van der Waals surface area contributed by atoms with Crippen LogP contribution in [0.4, 0.5) is 10.5 Å². The number of tetrazole rings is 1. The van der Waals surface area contributed by atoms with Gasteiger partial charge in [-0.1, -0.05) is 30.3 Å². The van der Waals surface area contributed by atoms with Gasteiger partial charge in [-0.3, -0.25) is 0 Å². The van der Waals surface area contributed by atoms with Crippen LogP contribution >= 0.6 is 0 Å². The lowest BCUT2D eigenvalue weighted by atomic mass is 10.0.